The molecule has 1 fully saturated rings. The van der Waals surface area contributed by atoms with E-state index in [9.17, 15) is 4.79 Å². The van der Waals surface area contributed by atoms with Crippen molar-refractivity contribution in [2.75, 3.05) is 6.61 Å². The van der Waals surface area contributed by atoms with Gasteiger partial charge in [0.05, 0.1) is 12.5 Å². The summed E-state index contributed by atoms with van der Waals surface area (Å²) in [5, 5.41) is 0. The average molecular weight is 198 g/mol. The molecule has 0 unspecified atom stereocenters. The van der Waals surface area contributed by atoms with Crippen LogP contribution in [0.3, 0.4) is 0 Å². The highest BCUT2D eigenvalue weighted by atomic mass is 16.5. The molecule has 0 heterocycles. The molecule has 0 spiro atoms. The molecule has 1 saturated carbocycles. The lowest BCUT2D eigenvalue weighted by molar-refractivity contribution is -0.146. The predicted molar refractivity (Wildman–Crippen MR) is 56.9 cm³/mol. The predicted octanol–water partition coefficient (Wildman–Crippen LogP) is 3.01. The third-order valence-electron chi connectivity index (χ3n) is 4.00. The van der Waals surface area contributed by atoms with Gasteiger partial charge in [0, 0.05) is 0 Å². The number of ether oxygens (including phenoxy) is 1. The Bertz CT molecular complexity index is 214. The molecule has 0 aromatic rings. The monoisotopic (exact) mass is 198 g/mol. The maximum atomic E-state index is 11.7. The molecule has 1 rings (SSSR count). The van der Waals surface area contributed by atoms with Crippen molar-refractivity contribution < 1.29 is 9.53 Å². The Kier molecular flexibility index (Phi) is 2.93. The molecule has 0 N–H and O–H groups in total. The van der Waals surface area contributed by atoms with Gasteiger partial charge in [0.1, 0.15) is 0 Å². The lowest BCUT2D eigenvalue weighted by atomic mass is 10.0. The Morgan fingerprint density at radius 2 is 1.71 bits per heavy atom. The van der Waals surface area contributed by atoms with Gasteiger partial charge in [0.2, 0.25) is 0 Å². The highest BCUT2D eigenvalue weighted by Crippen LogP contribution is 2.68. The zero-order valence-electron chi connectivity index (χ0n) is 10.0. The van der Waals surface area contributed by atoms with Crippen molar-refractivity contribution in [2.45, 2.75) is 47.5 Å². The van der Waals surface area contributed by atoms with Gasteiger partial charge in [-0.25, -0.2) is 0 Å². The molecule has 1 aliphatic carbocycles. The SMILES string of the molecule is CCCCOC(=O)C1C(C)(C)C1(C)C. The first kappa shape index (κ1) is 11.5. The highest BCUT2D eigenvalue weighted by Gasteiger charge is 2.69. The Balaban J connectivity index is 2.42. The average Bonchev–Trinajstić information content (AvgIpc) is 2.43. The minimum absolute atomic E-state index is 0.00606. The number of esters is 1. The van der Waals surface area contributed by atoms with Crippen LogP contribution in [0.5, 0.6) is 0 Å². The second-order valence-electron chi connectivity index (χ2n) is 5.40. The van der Waals surface area contributed by atoms with Crippen LogP contribution in [0.1, 0.15) is 47.5 Å². The Morgan fingerprint density at radius 1 is 1.21 bits per heavy atom. The Morgan fingerprint density at radius 3 is 2.07 bits per heavy atom. The molecule has 0 aliphatic heterocycles. The molecule has 14 heavy (non-hydrogen) atoms. The fourth-order valence-electron chi connectivity index (χ4n) is 2.19. The summed E-state index contributed by atoms with van der Waals surface area (Å²) in [7, 11) is 0. The first-order valence-corrected chi connectivity index (χ1v) is 5.52. The van der Waals surface area contributed by atoms with E-state index < -0.39 is 0 Å². The molecule has 1 aliphatic rings. The summed E-state index contributed by atoms with van der Waals surface area (Å²) < 4.78 is 5.24. The van der Waals surface area contributed by atoms with Gasteiger partial charge in [0.25, 0.3) is 0 Å². The first-order chi connectivity index (χ1) is 6.35. The van der Waals surface area contributed by atoms with Crippen LogP contribution < -0.4 is 0 Å². The Hall–Kier alpha value is -0.530. The molecular formula is C12H22O2. The van der Waals surface area contributed by atoms with Gasteiger partial charge in [-0.2, -0.15) is 0 Å². The van der Waals surface area contributed by atoms with Crippen LogP contribution in [0.25, 0.3) is 0 Å². The zero-order chi connectivity index (χ0) is 11.0. The van der Waals surface area contributed by atoms with Crippen molar-refractivity contribution in [3.8, 4) is 0 Å². The van der Waals surface area contributed by atoms with E-state index in [1.807, 2.05) is 0 Å². The lowest BCUT2D eigenvalue weighted by Gasteiger charge is -2.04. The van der Waals surface area contributed by atoms with Crippen LogP contribution >= 0.6 is 0 Å². The van der Waals surface area contributed by atoms with Crippen molar-refractivity contribution in [3.63, 3.8) is 0 Å². The normalized spacial score (nSPS) is 23.2. The minimum Gasteiger partial charge on any atom is -0.465 e. The third-order valence-corrected chi connectivity index (χ3v) is 4.00. The van der Waals surface area contributed by atoms with E-state index in [0.29, 0.717) is 6.61 Å². The molecule has 0 aromatic heterocycles. The van der Waals surface area contributed by atoms with Crippen molar-refractivity contribution in [3.05, 3.63) is 0 Å². The first-order valence-electron chi connectivity index (χ1n) is 5.52. The number of carbonyl (C=O) groups excluding carboxylic acids is 1. The van der Waals surface area contributed by atoms with Crippen molar-refractivity contribution in [1.82, 2.24) is 0 Å². The molecule has 2 heteroatoms. The minimum atomic E-state index is -0.00606. The summed E-state index contributed by atoms with van der Waals surface area (Å²) in [4.78, 5) is 11.7. The topological polar surface area (TPSA) is 26.3 Å². The van der Waals surface area contributed by atoms with Gasteiger partial charge in [-0.3, -0.25) is 4.79 Å². The number of hydrogen-bond acceptors (Lipinski definition) is 2. The molecule has 0 saturated heterocycles. The quantitative estimate of drug-likeness (QED) is 0.512. The van der Waals surface area contributed by atoms with Gasteiger partial charge in [-0.15, -0.1) is 0 Å². The summed E-state index contributed by atoms with van der Waals surface area (Å²) in [6, 6.07) is 0. The van der Waals surface area contributed by atoms with E-state index in [4.69, 9.17) is 4.74 Å². The summed E-state index contributed by atoms with van der Waals surface area (Å²) in [5.41, 5.74) is 0.215. The number of carbonyl (C=O) groups is 1. The number of hydrogen-bond donors (Lipinski definition) is 0. The molecule has 82 valence electrons. The zero-order valence-corrected chi connectivity index (χ0v) is 10.0. The fourth-order valence-corrected chi connectivity index (χ4v) is 2.19. The van der Waals surface area contributed by atoms with Crippen LogP contribution in [0.2, 0.25) is 0 Å². The van der Waals surface area contributed by atoms with E-state index in [1.54, 1.807) is 0 Å². The molecule has 0 aromatic carbocycles. The molecular weight excluding hydrogens is 176 g/mol. The summed E-state index contributed by atoms with van der Waals surface area (Å²) >= 11 is 0. The summed E-state index contributed by atoms with van der Waals surface area (Å²) in [6.45, 7) is 11.2. The molecule has 2 nitrogen and oxygen atoms in total. The standard InChI is InChI=1S/C12H22O2/c1-6-7-8-14-10(13)9-11(2,3)12(9,4)5/h9H,6-8H2,1-5H3. The van der Waals surface area contributed by atoms with Gasteiger partial charge < -0.3 is 4.74 Å². The van der Waals surface area contributed by atoms with E-state index in [-0.39, 0.29) is 22.7 Å². The summed E-state index contributed by atoms with van der Waals surface area (Å²) in [5.74, 6) is 0.0836. The van der Waals surface area contributed by atoms with Crippen LogP contribution in [0, 0.1) is 16.7 Å². The van der Waals surface area contributed by atoms with Crippen LogP contribution in [0.15, 0.2) is 0 Å². The van der Waals surface area contributed by atoms with Crippen molar-refractivity contribution in [2.24, 2.45) is 16.7 Å². The molecule has 0 radical (unpaired) electrons. The lowest BCUT2D eigenvalue weighted by Crippen LogP contribution is -2.12. The second-order valence-corrected chi connectivity index (χ2v) is 5.40. The van der Waals surface area contributed by atoms with Gasteiger partial charge in [-0.1, -0.05) is 41.0 Å². The second kappa shape index (κ2) is 3.56. The van der Waals surface area contributed by atoms with Gasteiger partial charge in [-0.05, 0) is 17.3 Å². The van der Waals surface area contributed by atoms with Crippen LogP contribution in [-0.2, 0) is 9.53 Å². The van der Waals surface area contributed by atoms with Gasteiger partial charge >= 0.3 is 5.97 Å². The maximum absolute atomic E-state index is 11.7. The van der Waals surface area contributed by atoms with E-state index in [1.165, 1.54) is 0 Å². The smallest absolute Gasteiger partial charge is 0.310 e. The van der Waals surface area contributed by atoms with E-state index in [2.05, 4.69) is 34.6 Å². The van der Waals surface area contributed by atoms with Crippen molar-refractivity contribution >= 4 is 5.97 Å². The molecule has 0 atom stereocenters. The number of unbranched alkanes of at least 4 members (excludes halogenated alkanes) is 1. The summed E-state index contributed by atoms with van der Waals surface area (Å²) in [6.07, 6.45) is 2.05. The largest absolute Gasteiger partial charge is 0.465 e. The molecule has 0 bridgehead atoms. The van der Waals surface area contributed by atoms with Crippen molar-refractivity contribution in [1.29, 1.82) is 0 Å². The van der Waals surface area contributed by atoms with Crippen LogP contribution in [0.4, 0.5) is 0 Å². The van der Waals surface area contributed by atoms with Gasteiger partial charge in [0.15, 0.2) is 0 Å². The molecule has 0 amide bonds. The number of rotatable bonds is 4. The third kappa shape index (κ3) is 1.67. The van der Waals surface area contributed by atoms with Crippen LogP contribution in [-0.4, -0.2) is 12.6 Å². The highest BCUT2D eigenvalue weighted by molar-refractivity contribution is 5.78. The van der Waals surface area contributed by atoms with E-state index in [0.717, 1.165) is 12.8 Å². The Labute approximate surface area is 87.0 Å². The fraction of sp³-hybridized carbons (Fsp3) is 0.917. The maximum Gasteiger partial charge on any atom is 0.310 e. The van der Waals surface area contributed by atoms with E-state index >= 15 is 0 Å².